The predicted molar refractivity (Wildman–Crippen MR) is 84.6 cm³/mol. The summed E-state index contributed by atoms with van der Waals surface area (Å²) in [5.41, 5.74) is 3.61. The highest BCUT2D eigenvalue weighted by atomic mass is 16.5. The summed E-state index contributed by atoms with van der Waals surface area (Å²) in [6.07, 6.45) is 0. The van der Waals surface area contributed by atoms with Crippen LogP contribution in [0.15, 0.2) is 18.2 Å². The normalized spacial score (nSPS) is 18.7. The Morgan fingerprint density at radius 2 is 2.29 bits per heavy atom. The molecule has 1 amide bonds. The van der Waals surface area contributed by atoms with Crippen LogP contribution in [0.2, 0.25) is 0 Å². The van der Waals surface area contributed by atoms with E-state index in [1.807, 2.05) is 6.92 Å². The van der Waals surface area contributed by atoms with Crippen LogP contribution in [0.1, 0.15) is 18.1 Å². The van der Waals surface area contributed by atoms with Crippen molar-refractivity contribution in [1.29, 1.82) is 0 Å². The fraction of sp³-hybridized carbons (Fsp3) is 0.562. The minimum Gasteiger partial charge on any atom is -0.383 e. The van der Waals surface area contributed by atoms with Gasteiger partial charge in [-0.1, -0.05) is 12.1 Å². The number of nitrogens with one attached hydrogen (secondary N) is 2. The molecule has 1 unspecified atom stereocenters. The molecule has 1 saturated heterocycles. The molecule has 2 N–H and O–H groups in total. The molecule has 2 rings (SSSR count). The molecule has 1 heterocycles. The summed E-state index contributed by atoms with van der Waals surface area (Å²) in [7, 11) is 1.70. The summed E-state index contributed by atoms with van der Waals surface area (Å²) in [5, 5.41) is 6.24. The number of anilines is 1. The van der Waals surface area contributed by atoms with E-state index in [4.69, 9.17) is 4.74 Å². The van der Waals surface area contributed by atoms with Crippen molar-refractivity contribution in [2.45, 2.75) is 26.4 Å². The number of ether oxygens (including phenoxy) is 1. The van der Waals surface area contributed by atoms with Crippen LogP contribution in [0.5, 0.6) is 0 Å². The minimum atomic E-state index is -0.108. The summed E-state index contributed by atoms with van der Waals surface area (Å²) in [4.78, 5) is 14.0. The Labute approximate surface area is 126 Å². The van der Waals surface area contributed by atoms with Gasteiger partial charge in [0.05, 0.1) is 6.61 Å². The van der Waals surface area contributed by atoms with E-state index in [0.717, 1.165) is 31.9 Å². The van der Waals surface area contributed by atoms with Gasteiger partial charge in [-0.05, 0) is 31.0 Å². The van der Waals surface area contributed by atoms with Gasteiger partial charge in [0.25, 0.3) is 0 Å². The summed E-state index contributed by atoms with van der Waals surface area (Å²) < 4.78 is 5.02. The second-order valence-corrected chi connectivity index (χ2v) is 5.45. The number of nitrogens with zero attached hydrogens (tertiary/aromatic N) is 1. The largest absolute Gasteiger partial charge is 0.383 e. The molecule has 0 aromatic heterocycles. The van der Waals surface area contributed by atoms with Crippen LogP contribution >= 0.6 is 0 Å². The molecule has 1 fully saturated rings. The molecule has 0 saturated carbocycles. The third kappa shape index (κ3) is 3.95. The average molecular weight is 291 g/mol. The lowest BCUT2D eigenvalue weighted by Crippen LogP contribution is -2.54. The Kier molecular flexibility index (Phi) is 5.59. The van der Waals surface area contributed by atoms with Crippen molar-refractivity contribution in [3.8, 4) is 0 Å². The summed E-state index contributed by atoms with van der Waals surface area (Å²) in [5.74, 6) is 0.103. The lowest BCUT2D eigenvalue weighted by atomic mass is 10.1. The molecular weight excluding hydrogens is 266 g/mol. The number of carbonyl (C=O) groups excluding carboxylic acids is 1. The fourth-order valence-electron chi connectivity index (χ4n) is 2.67. The van der Waals surface area contributed by atoms with Crippen LogP contribution in [-0.2, 0) is 16.1 Å². The van der Waals surface area contributed by atoms with E-state index in [9.17, 15) is 4.79 Å². The Bertz CT molecular complexity index is 490. The van der Waals surface area contributed by atoms with Crippen molar-refractivity contribution in [3.05, 3.63) is 29.3 Å². The Morgan fingerprint density at radius 1 is 1.48 bits per heavy atom. The van der Waals surface area contributed by atoms with Crippen LogP contribution in [-0.4, -0.2) is 45.3 Å². The molecule has 0 spiro atoms. The molecule has 1 aromatic rings. The van der Waals surface area contributed by atoms with Gasteiger partial charge in [0.1, 0.15) is 6.04 Å². The van der Waals surface area contributed by atoms with Crippen molar-refractivity contribution >= 4 is 11.6 Å². The quantitative estimate of drug-likeness (QED) is 0.770. The first kappa shape index (κ1) is 15.8. The number of methoxy groups -OCH3 is 1. The first-order valence-corrected chi connectivity index (χ1v) is 7.47. The number of hydrogen-bond donors (Lipinski definition) is 2. The van der Waals surface area contributed by atoms with E-state index in [0.29, 0.717) is 6.54 Å². The third-order valence-electron chi connectivity index (χ3n) is 3.88. The first-order chi connectivity index (χ1) is 10.1. The molecule has 5 nitrogen and oxygen atoms in total. The molecule has 5 heteroatoms. The van der Waals surface area contributed by atoms with E-state index in [1.54, 1.807) is 7.11 Å². The highest BCUT2D eigenvalue weighted by Gasteiger charge is 2.26. The maximum absolute atomic E-state index is 11.8. The second kappa shape index (κ2) is 7.43. The molecule has 0 bridgehead atoms. The molecule has 21 heavy (non-hydrogen) atoms. The topological polar surface area (TPSA) is 53.6 Å². The number of piperazine rings is 1. The number of amides is 1. The van der Waals surface area contributed by atoms with Gasteiger partial charge in [0.15, 0.2) is 0 Å². The molecule has 1 aliphatic heterocycles. The number of rotatable bonds is 6. The van der Waals surface area contributed by atoms with Crippen LogP contribution in [0.3, 0.4) is 0 Å². The van der Waals surface area contributed by atoms with Crippen LogP contribution in [0, 0.1) is 6.92 Å². The van der Waals surface area contributed by atoms with Gasteiger partial charge >= 0.3 is 0 Å². The van der Waals surface area contributed by atoms with Gasteiger partial charge in [-0.25, -0.2) is 0 Å². The van der Waals surface area contributed by atoms with Gasteiger partial charge < -0.3 is 20.3 Å². The van der Waals surface area contributed by atoms with Gasteiger partial charge in [-0.3, -0.25) is 4.79 Å². The van der Waals surface area contributed by atoms with Crippen molar-refractivity contribution in [1.82, 2.24) is 10.6 Å². The number of hydrogen-bond acceptors (Lipinski definition) is 4. The van der Waals surface area contributed by atoms with Crippen LogP contribution in [0.4, 0.5) is 5.69 Å². The summed E-state index contributed by atoms with van der Waals surface area (Å²) in [6.45, 7) is 8.03. The molecule has 0 radical (unpaired) electrons. The van der Waals surface area contributed by atoms with Gasteiger partial charge in [0.2, 0.25) is 5.91 Å². The Morgan fingerprint density at radius 3 is 3.00 bits per heavy atom. The van der Waals surface area contributed by atoms with E-state index in [-0.39, 0.29) is 11.9 Å². The zero-order chi connectivity index (χ0) is 15.2. The van der Waals surface area contributed by atoms with Crippen molar-refractivity contribution in [2.75, 3.05) is 38.3 Å². The smallest absolute Gasteiger partial charge is 0.242 e. The first-order valence-electron chi connectivity index (χ1n) is 7.47. The molecule has 1 aromatic carbocycles. The lowest BCUT2D eigenvalue weighted by Gasteiger charge is -2.35. The molecule has 1 aliphatic rings. The Hall–Kier alpha value is -1.59. The lowest BCUT2D eigenvalue weighted by molar-refractivity contribution is -0.122. The maximum atomic E-state index is 11.8. The third-order valence-corrected chi connectivity index (χ3v) is 3.88. The number of benzene rings is 1. The SMILES string of the molecule is COCCNCc1ccc(N2CCNC(=O)C2C)c(C)c1. The van der Waals surface area contributed by atoms with Crippen LogP contribution < -0.4 is 15.5 Å². The number of aryl methyl sites for hydroxylation is 1. The predicted octanol–water partition coefficient (Wildman–Crippen LogP) is 1.06. The maximum Gasteiger partial charge on any atom is 0.242 e. The van der Waals surface area contributed by atoms with Gasteiger partial charge in [0, 0.05) is 39.0 Å². The second-order valence-electron chi connectivity index (χ2n) is 5.45. The highest BCUT2D eigenvalue weighted by Crippen LogP contribution is 2.24. The Balaban J connectivity index is 2.03. The van der Waals surface area contributed by atoms with Crippen molar-refractivity contribution in [3.63, 3.8) is 0 Å². The zero-order valence-electron chi connectivity index (χ0n) is 13.1. The van der Waals surface area contributed by atoms with E-state index in [1.165, 1.54) is 11.1 Å². The zero-order valence-corrected chi connectivity index (χ0v) is 13.1. The van der Waals surface area contributed by atoms with E-state index >= 15 is 0 Å². The highest BCUT2D eigenvalue weighted by molar-refractivity contribution is 5.86. The van der Waals surface area contributed by atoms with Crippen molar-refractivity contribution in [2.24, 2.45) is 0 Å². The monoisotopic (exact) mass is 291 g/mol. The average Bonchev–Trinajstić information content (AvgIpc) is 2.47. The summed E-state index contributed by atoms with van der Waals surface area (Å²) >= 11 is 0. The summed E-state index contributed by atoms with van der Waals surface area (Å²) in [6, 6.07) is 6.33. The standard InChI is InChI=1S/C16H25N3O2/c1-12-10-14(11-17-7-9-21-3)4-5-15(12)19-8-6-18-16(20)13(19)2/h4-5,10,13,17H,6-9,11H2,1-3H3,(H,18,20). The van der Waals surface area contributed by atoms with Gasteiger partial charge in [-0.2, -0.15) is 0 Å². The van der Waals surface area contributed by atoms with E-state index in [2.05, 4.69) is 40.7 Å². The molecule has 1 atom stereocenters. The molecular formula is C16H25N3O2. The number of carbonyl (C=O) groups is 1. The molecule has 0 aliphatic carbocycles. The van der Waals surface area contributed by atoms with E-state index < -0.39 is 0 Å². The fourth-order valence-corrected chi connectivity index (χ4v) is 2.67. The van der Waals surface area contributed by atoms with Gasteiger partial charge in [-0.15, -0.1) is 0 Å². The van der Waals surface area contributed by atoms with Crippen LogP contribution in [0.25, 0.3) is 0 Å². The van der Waals surface area contributed by atoms with Crippen molar-refractivity contribution < 1.29 is 9.53 Å². The molecule has 116 valence electrons. The minimum absolute atomic E-state index is 0.103.